The lowest BCUT2D eigenvalue weighted by molar-refractivity contribution is 0.598. The highest BCUT2D eigenvalue weighted by Crippen LogP contribution is 2.29. The van der Waals surface area contributed by atoms with Gasteiger partial charge in [-0.1, -0.05) is 38.8 Å². The fourth-order valence-electron chi connectivity index (χ4n) is 1.76. The predicted molar refractivity (Wildman–Crippen MR) is 71.1 cm³/mol. The van der Waals surface area contributed by atoms with Gasteiger partial charge in [0.05, 0.1) is 17.9 Å². The number of aromatic nitrogens is 3. The van der Waals surface area contributed by atoms with Crippen LogP contribution >= 0.6 is 27.5 Å². The van der Waals surface area contributed by atoms with Crippen LogP contribution in [0, 0.1) is 0 Å². The van der Waals surface area contributed by atoms with Crippen molar-refractivity contribution in [2.24, 2.45) is 7.05 Å². The minimum absolute atomic E-state index is 0.0180. The standard InChI is InChI=1S/C11H12BrClN4/c1-14-11(10-6-15-16-17(10)2)8-4-3-7(12)5-9(8)13/h3-6,11,14H,1-2H3. The molecule has 2 rings (SSSR count). The van der Waals surface area contributed by atoms with Crippen LogP contribution in [0.1, 0.15) is 17.3 Å². The number of hydrogen-bond donors (Lipinski definition) is 1. The van der Waals surface area contributed by atoms with Crippen LogP contribution in [0.2, 0.25) is 5.02 Å². The molecule has 90 valence electrons. The van der Waals surface area contributed by atoms with Crippen LogP contribution < -0.4 is 5.32 Å². The molecule has 17 heavy (non-hydrogen) atoms. The molecule has 1 atom stereocenters. The van der Waals surface area contributed by atoms with Crippen LogP contribution in [0.5, 0.6) is 0 Å². The molecule has 0 aliphatic rings. The van der Waals surface area contributed by atoms with Gasteiger partial charge in [0.1, 0.15) is 0 Å². The van der Waals surface area contributed by atoms with Crippen molar-refractivity contribution in [2.45, 2.75) is 6.04 Å². The average molecular weight is 316 g/mol. The quantitative estimate of drug-likeness (QED) is 0.946. The lowest BCUT2D eigenvalue weighted by Crippen LogP contribution is -2.20. The van der Waals surface area contributed by atoms with Crippen molar-refractivity contribution in [1.29, 1.82) is 0 Å². The Morgan fingerprint density at radius 3 is 2.76 bits per heavy atom. The molecule has 0 aliphatic carbocycles. The van der Waals surface area contributed by atoms with E-state index in [-0.39, 0.29) is 6.04 Å². The predicted octanol–water partition coefficient (Wildman–Crippen LogP) is 2.54. The van der Waals surface area contributed by atoms with E-state index in [0.717, 1.165) is 15.7 Å². The summed E-state index contributed by atoms with van der Waals surface area (Å²) < 4.78 is 2.70. The average Bonchev–Trinajstić information content (AvgIpc) is 2.69. The highest BCUT2D eigenvalue weighted by Gasteiger charge is 2.18. The van der Waals surface area contributed by atoms with E-state index in [2.05, 4.69) is 31.6 Å². The summed E-state index contributed by atoms with van der Waals surface area (Å²) in [5.41, 5.74) is 1.97. The molecule has 0 radical (unpaired) electrons. The number of rotatable bonds is 3. The molecule has 2 aromatic rings. The SMILES string of the molecule is CNC(c1ccc(Br)cc1Cl)c1cnnn1C. The molecule has 0 bridgehead atoms. The van der Waals surface area contributed by atoms with Gasteiger partial charge in [-0.3, -0.25) is 4.68 Å². The van der Waals surface area contributed by atoms with Crippen molar-refractivity contribution in [2.75, 3.05) is 7.05 Å². The van der Waals surface area contributed by atoms with Gasteiger partial charge in [-0.15, -0.1) is 5.10 Å². The Morgan fingerprint density at radius 2 is 2.24 bits per heavy atom. The first-order chi connectivity index (χ1) is 8.13. The van der Waals surface area contributed by atoms with E-state index in [1.165, 1.54) is 0 Å². The number of benzene rings is 1. The summed E-state index contributed by atoms with van der Waals surface area (Å²) in [6.45, 7) is 0. The first-order valence-electron chi connectivity index (χ1n) is 5.10. The van der Waals surface area contributed by atoms with Gasteiger partial charge < -0.3 is 5.32 Å². The number of nitrogens with zero attached hydrogens (tertiary/aromatic N) is 3. The van der Waals surface area contributed by atoms with E-state index in [1.807, 2.05) is 32.3 Å². The summed E-state index contributed by atoms with van der Waals surface area (Å²) in [4.78, 5) is 0. The number of halogens is 2. The van der Waals surface area contributed by atoms with Crippen LogP contribution in [-0.4, -0.2) is 22.0 Å². The van der Waals surface area contributed by atoms with Gasteiger partial charge in [-0.2, -0.15) is 0 Å². The fourth-order valence-corrected chi connectivity index (χ4v) is 2.54. The second kappa shape index (κ2) is 5.16. The van der Waals surface area contributed by atoms with Gasteiger partial charge in [0.25, 0.3) is 0 Å². The second-order valence-electron chi connectivity index (χ2n) is 3.67. The number of nitrogens with one attached hydrogen (secondary N) is 1. The largest absolute Gasteiger partial charge is 0.308 e. The minimum Gasteiger partial charge on any atom is -0.308 e. The van der Waals surface area contributed by atoms with Crippen molar-refractivity contribution in [1.82, 2.24) is 20.3 Å². The molecular formula is C11H12BrClN4. The molecule has 0 amide bonds. The molecule has 1 heterocycles. The van der Waals surface area contributed by atoms with Gasteiger partial charge in [-0.05, 0) is 24.7 Å². The Balaban J connectivity index is 2.46. The maximum absolute atomic E-state index is 6.25. The normalized spacial score (nSPS) is 12.7. The van der Waals surface area contributed by atoms with Gasteiger partial charge in [0.15, 0.2) is 0 Å². The highest BCUT2D eigenvalue weighted by atomic mass is 79.9. The summed E-state index contributed by atoms with van der Waals surface area (Å²) in [7, 11) is 3.75. The van der Waals surface area contributed by atoms with Crippen LogP contribution in [0.3, 0.4) is 0 Å². The van der Waals surface area contributed by atoms with Crippen molar-refractivity contribution < 1.29 is 0 Å². The molecule has 1 aromatic carbocycles. The highest BCUT2D eigenvalue weighted by molar-refractivity contribution is 9.10. The number of hydrogen-bond acceptors (Lipinski definition) is 3. The zero-order chi connectivity index (χ0) is 12.4. The van der Waals surface area contributed by atoms with Crippen molar-refractivity contribution >= 4 is 27.5 Å². The molecule has 0 saturated carbocycles. The Hall–Kier alpha value is -0.910. The zero-order valence-corrected chi connectivity index (χ0v) is 11.8. The Labute approximate surface area is 113 Å². The maximum Gasteiger partial charge on any atom is 0.0799 e. The van der Waals surface area contributed by atoms with E-state index in [0.29, 0.717) is 5.02 Å². The summed E-state index contributed by atoms with van der Waals surface area (Å²) in [6, 6.07) is 5.82. The minimum atomic E-state index is -0.0180. The monoisotopic (exact) mass is 314 g/mol. The lowest BCUT2D eigenvalue weighted by Gasteiger charge is -2.17. The first-order valence-corrected chi connectivity index (χ1v) is 6.27. The van der Waals surface area contributed by atoms with Gasteiger partial charge in [0, 0.05) is 16.5 Å². The fraction of sp³-hybridized carbons (Fsp3) is 0.273. The molecule has 1 N–H and O–H groups in total. The first kappa shape index (κ1) is 12.5. The lowest BCUT2D eigenvalue weighted by atomic mass is 10.0. The molecule has 0 saturated heterocycles. The van der Waals surface area contributed by atoms with E-state index in [1.54, 1.807) is 10.9 Å². The zero-order valence-electron chi connectivity index (χ0n) is 9.48. The Morgan fingerprint density at radius 1 is 1.47 bits per heavy atom. The summed E-state index contributed by atoms with van der Waals surface area (Å²) >= 11 is 9.65. The molecule has 0 fully saturated rings. The maximum atomic E-state index is 6.25. The van der Waals surface area contributed by atoms with Crippen LogP contribution in [0.15, 0.2) is 28.9 Å². The van der Waals surface area contributed by atoms with Gasteiger partial charge in [-0.25, -0.2) is 0 Å². The number of aryl methyl sites for hydroxylation is 1. The van der Waals surface area contributed by atoms with Crippen LogP contribution in [0.4, 0.5) is 0 Å². The molecule has 0 aliphatic heterocycles. The molecule has 6 heteroatoms. The molecular weight excluding hydrogens is 304 g/mol. The summed E-state index contributed by atoms with van der Waals surface area (Å²) in [6.07, 6.45) is 1.74. The topological polar surface area (TPSA) is 42.7 Å². The van der Waals surface area contributed by atoms with E-state index < -0.39 is 0 Å². The molecule has 1 unspecified atom stereocenters. The van der Waals surface area contributed by atoms with Crippen LogP contribution in [0.25, 0.3) is 0 Å². The van der Waals surface area contributed by atoms with E-state index in [9.17, 15) is 0 Å². The second-order valence-corrected chi connectivity index (χ2v) is 4.99. The Bertz CT molecular complexity index is 526. The van der Waals surface area contributed by atoms with E-state index in [4.69, 9.17) is 11.6 Å². The Kier molecular flexibility index (Phi) is 3.81. The molecule has 0 spiro atoms. The third kappa shape index (κ3) is 2.51. The van der Waals surface area contributed by atoms with Crippen LogP contribution in [-0.2, 0) is 7.05 Å². The third-order valence-corrected chi connectivity index (χ3v) is 3.43. The smallest absolute Gasteiger partial charge is 0.0799 e. The van der Waals surface area contributed by atoms with Crippen molar-refractivity contribution in [3.8, 4) is 0 Å². The van der Waals surface area contributed by atoms with Crippen molar-refractivity contribution in [3.63, 3.8) is 0 Å². The van der Waals surface area contributed by atoms with Crippen molar-refractivity contribution in [3.05, 3.63) is 45.1 Å². The van der Waals surface area contributed by atoms with Gasteiger partial charge in [0.2, 0.25) is 0 Å². The molecule has 1 aromatic heterocycles. The third-order valence-electron chi connectivity index (χ3n) is 2.61. The summed E-state index contributed by atoms with van der Waals surface area (Å²) in [5.74, 6) is 0. The van der Waals surface area contributed by atoms with Gasteiger partial charge >= 0.3 is 0 Å². The van der Waals surface area contributed by atoms with E-state index >= 15 is 0 Å². The molecule has 4 nitrogen and oxygen atoms in total. The summed E-state index contributed by atoms with van der Waals surface area (Å²) in [5, 5.41) is 11.7.